The highest BCUT2D eigenvalue weighted by Gasteiger charge is 2.35. The number of rotatable bonds is 4. The zero-order valence-corrected chi connectivity index (χ0v) is 7.48. The van der Waals surface area contributed by atoms with E-state index >= 15 is 0 Å². The fourth-order valence-electron chi connectivity index (χ4n) is 1.34. The molecular formula is C9H16O2. The third-order valence-electron chi connectivity index (χ3n) is 2.43. The third kappa shape index (κ3) is 1.62. The molecule has 0 spiro atoms. The van der Waals surface area contributed by atoms with Crippen LogP contribution in [-0.4, -0.2) is 11.1 Å². The van der Waals surface area contributed by atoms with Crippen molar-refractivity contribution < 1.29 is 9.90 Å². The van der Waals surface area contributed by atoms with Gasteiger partial charge in [0.15, 0.2) is 0 Å². The van der Waals surface area contributed by atoms with E-state index in [9.17, 15) is 4.79 Å². The Morgan fingerprint density at radius 2 is 1.82 bits per heavy atom. The van der Waals surface area contributed by atoms with Gasteiger partial charge in [-0.3, -0.25) is 4.79 Å². The van der Waals surface area contributed by atoms with Gasteiger partial charge < -0.3 is 5.11 Å². The summed E-state index contributed by atoms with van der Waals surface area (Å²) >= 11 is 0. The Balaban J connectivity index is 4.76. The molecule has 0 heterocycles. The molecular weight excluding hydrogens is 140 g/mol. The first-order chi connectivity index (χ1) is 5.01. The number of carboxylic acids is 1. The summed E-state index contributed by atoms with van der Waals surface area (Å²) in [6.07, 6.45) is 1.24. The molecule has 11 heavy (non-hydrogen) atoms. The molecule has 1 N–H and O–H groups in total. The van der Waals surface area contributed by atoms with Gasteiger partial charge in [-0.25, -0.2) is 0 Å². The fourth-order valence-corrected chi connectivity index (χ4v) is 1.34. The highest BCUT2D eigenvalue weighted by Crippen LogP contribution is 2.33. The molecule has 64 valence electrons. The molecule has 0 aromatic heterocycles. The molecule has 0 aliphatic heterocycles. The number of hydrogen-bond donors (Lipinski definition) is 1. The van der Waals surface area contributed by atoms with Crippen LogP contribution in [0.4, 0.5) is 0 Å². The van der Waals surface area contributed by atoms with Crippen molar-refractivity contribution in [2.45, 2.75) is 33.6 Å². The summed E-state index contributed by atoms with van der Waals surface area (Å²) < 4.78 is 0. The van der Waals surface area contributed by atoms with Crippen molar-refractivity contribution in [3.8, 4) is 0 Å². The van der Waals surface area contributed by atoms with E-state index in [4.69, 9.17) is 5.11 Å². The van der Waals surface area contributed by atoms with Crippen LogP contribution >= 0.6 is 0 Å². The first-order valence-corrected chi connectivity index (χ1v) is 3.90. The van der Waals surface area contributed by atoms with Crippen LogP contribution in [0.2, 0.25) is 0 Å². The lowest BCUT2D eigenvalue weighted by Crippen LogP contribution is -2.30. The maximum atomic E-state index is 10.9. The summed E-state index contributed by atoms with van der Waals surface area (Å²) in [6.45, 7) is 9.25. The first-order valence-electron chi connectivity index (χ1n) is 3.90. The standard InChI is InChI=1S/C9H16O2/c1-5-9(6-2,7(3)4)8(10)11/h3,5-6H2,1-2,4H3,(H,10,11). The average Bonchev–Trinajstić information content (AvgIpc) is 1.90. The lowest BCUT2D eigenvalue weighted by atomic mass is 9.77. The molecule has 2 heteroatoms. The van der Waals surface area contributed by atoms with Crippen LogP contribution in [-0.2, 0) is 4.79 Å². The first kappa shape index (κ1) is 10.2. The third-order valence-corrected chi connectivity index (χ3v) is 2.43. The zero-order valence-electron chi connectivity index (χ0n) is 7.48. The molecule has 0 amide bonds. The SMILES string of the molecule is C=C(C)C(CC)(CC)C(=O)O. The number of hydrogen-bond acceptors (Lipinski definition) is 1. The van der Waals surface area contributed by atoms with E-state index in [1.807, 2.05) is 13.8 Å². The summed E-state index contributed by atoms with van der Waals surface area (Å²) in [4.78, 5) is 10.9. The lowest BCUT2D eigenvalue weighted by molar-refractivity contribution is -0.146. The molecule has 0 aliphatic carbocycles. The van der Waals surface area contributed by atoms with E-state index in [1.165, 1.54) is 0 Å². The van der Waals surface area contributed by atoms with Crippen LogP contribution in [0, 0.1) is 5.41 Å². The summed E-state index contributed by atoms with van der Waals surface area (Å²) in [5.41, 5.74) is 0.0509. The summed E-state index contributed by atoms with van der Waals surface area (Å²) in [6, 6.07) is 0. The van der Waals surface area contributed by atoms with Crippen molar-refractivity contribution in [1.82, 2.24) is 0 Å². The maximum Gasteiger partial charge on any atom is 0.313 e. The molecule has 0 aliphatic rings. The van der Waals surface area contributed by atoms with Gasteiger partial charge in [0.2, 0.25) is 0 Å². The van der Waals surface area contributed by atoms with E-state index in [-0.39, 0.29) is 0 Å². The molecule has 0 saturated heterocycles. The number of carboxylic acid groups (broad SMARTS) is 1. The average molecular weight is 156 g/mol. The Morgan fingerprint density at radius 1 is 1.45 bits per heavy atom. The van der Waals surface area contributed by atoms with Crippen LogP contribution in [0.25, 0.3) is 0 Å². The van der Waals surface area contributed by atoms with Crippen LogP contribution in [0.3, 0.4) is 0 Å². The van der Waals surface area contributed by atoms with Crippen LogP contribution in [0.1, 0.15) is 33.6 Å². The molecule has 0 aromatic rings. The molecule has 2 nitrogen and oxygen atoms in total. The molecule has 0 radical (unpaired) electrons. The van der Waals surface area contributed by atoms with Crippen LogP contribution in [0.5, 0.6) is 0 Å². The van der Waals surface area contributed by atoms with Crippen molar-refractivity contribution in [3.05, 3.63) is 12.2 Å². The highest BCUT2D eigenvalue weighted by atomic mass is 16.4. The minimum Gasteiger partial charge on any atom is -0.481 e. The second-order valence-corrected chi connectivity index (χ2v) is 2.87. The second kappa shape index (κ2) is 3.56. The van der Waals surface area contributed by atoms with Crippen molar-refractivity contribution >= 4 is 5.97 Å². The van der Waals surface area contributed by atoms with Gasteiger partial charge in [0.05, 0.1) is 5.41 Å². The van der Waals surface area contributed by atoms with Crippen molar-refractivity contribution in [2.24, 2.45) is 5.41 Å². The Hall–Kier alpha value is -0.790. The predicted octanol–water partition coefficient (Wildman–Crippen LogP) is 2.45. The number of aliphatic carboxylic acids is 1. The Bertz CT molecular complexity index is 150. The predicted molar refractivity (Wildman–Crippen MR) is 45.5 cm³/mol. The second-order valence-electron chi connectivity index (χ2n) is 2.87. The largest absolute Gasteiger partial charge is 0.481 e. The smallest absolute Gasteiger partial charge is 0.313 e. The Morgan fingerprint density at radius 3 is 1.82 bits per heavy atom. The molecule has 0 rings (SSSR count). The van der Waals surface area contributed by atoms with Gasteiger partial charge in [0.25, 0.3) is 0 Å². The quantitative estimate of drug-likeness (QED) is 0.635. The number of carbonyl (C=O) groups is 1. The molecule has 0 aromatic carbocycles. The van der Waals surface area contributed by atoms with Crippen LogP contribution < -0.4 is 0 Å². The Kier molecular flexibility index (Phi) is 3.30. The summed E-state index contributed by atoms with van der Waals surface area (Å²) in [5.74, 6) is -0.755. The van der Waals surface area contributed by atoms with E-state index in [0.29, 0.717) is 12.8 Å². The fraction of sp³-hybridized carbons (Fsp3) is 0.667. The van der Waals surface area contributed by atoms with Crippen LogP contribution in [0.15, 0.2) is 12.2 Å². The van der Waals surface area contributed by atoms with E-state index in [0.717, 1.165) is 5.57 Å². The summed E-state index contributed by atoms with van der Waals surface area (Å²) in [7, 11) is 0. The van der Waals surface area contributed by atoms with E-state index in [2.05, 4.69) is 6.58 Å². The molecule has 0 atom stereocenters. The van der Waals surface area contributed by atoms with Gasteiger partial charge >= 0.3 is 5.97 Å². The minimum absolute atomic E-state index is 0.619. The normalized spacial score (nSPS) is 11.2. The molecule has 0 saturated carbocycles. The molecule has 0 unspecified atom stereocenters. The van der Waals surface area contributed by atoms with Gasteiger partial charge in [0, 0.05) is 0 Å². The molecule has 0 bridgehead atoms. The van der Waals surface area contributed by atoms with Gasteiger partial charge in [-0.15, -0.1) is 0 Å². The van der Waals surface area contributed by atoms with E-state index < -0.39 is 11.4 Å². The summed E-state index contributed by atoms with van der Waals surface area (Å²) in [5, 5.41) is 8.93. The monoisotopic (exact) mass is 156 g/mol. The van der Waals surface area contributed by atoms with E-state index in [1.54, 1.807) is 6.92 Å². The van der Waals surface area contributed by atoms with Crippen molar-refractivity contribution in [1.29, 1.82) is 0 Å². The van der Waals surface area contributed by atoms with Gasteiger partial charge in [-0.05, 0) is 19.8 Å². The molecule has 0 fully saturated rings. The van der Waals surface area contributed by atoms with Crippen molar-refractivity contribution in [2.75, 3.05) is 0 Å². The van der Waals surface area contributed by atoms with Gasteiger partial charge in [0.1, 0.15) is 0 Å². The topological polar surface area (TPSA) is 37.3 Å². The van der Waals surface area contributed by atoms with Gasteiger partial charge in [-0.1, -0.05) is 26.0 Å². The van der Waals surface area contributed by atoms with Gasteiger partial charge in [-0.2, -0.15) is 0 Å². The Labute approximate surface area is 67.9 Å². The lowest BCUT2D eigenvalue weighted by Gasteiger charge is -2.26. The highest BCUT2D eigenvalue weighted by molar-refractivity contribution is 5.78. The maximum absolute atomic E-state index is 10.9. The minimum atomic E-state index is -0.755. The van der Waals surface area contributed by atoms with Crippen molar-refractivity contribution in [3.63, 3.8) is 0 Å². The zero-order chi connectivity index (χ0) is 9.07.